The molecule has 2 aliphatic carbocycles. The van der Waals surface area contributed by atoms with Gasteiger partial charge in [0.1, 0.15) is 5.75 Å². The number of benzene rings is 1. The van der Waals surface area contributed by atoms with Gasteiger partial charge in [-0.05, 0) is 42.7 Å². The third kappa shape index (κ3) is 1.32. The molecule has 0 aromatic heterocycles. The van der Waals surface area contributed by atoms with Crippen molar-refractivity contribution in [3.8, 4) is 5.75 Å². The molecule has 68 valence electrons. The van der Waals surface area contributed by atoms with Crippen LogP contribution in [0.2, 0.25) is 0 Å². The van der Waals surface area contributed by atoms with Gasteiger partial charge in [-0.1, -0.05) is 18.2 Å². The zero-order valence-corrected chi connectivity index (χ0v) is 7.65. The Balaban J connectivity index is 1.53. The summed E-state index contributed by atoms with van der Waals surface area (Å²) in [5, 5.41) is 0. The molecule has 0 bridgehead atoms. The van der Waals surface area contributed by atoms with Crippen LogP contribution >= 0.6 is 0 Å². The fourth-order valence-electron chi connectivity index (χ4n) is 2.40. The van der Waals surface area contributed by atoms with E-state index in [2.05, 4.69) is 0 Å². The number of para-hydroxylation sites is 1. The maximum Gasteiger partial charge on any atom is 0.119 e. The normalized spacial score (nSPS) is 34.6. The van der Waals surface area contributed by atoms with Crippen molar-refractivity contribution in [3.05, 3.63) is 30.3 Å². The number of fused-ring (bicyclic) bond motifs is 1. The van der Waals surface area contributed by atoms with Crippen LogP contribution in [0.4, 0.5) is 0 Å². The van der Waals surface area contributed by atoms with Crippen LogP contribution in [0.1, 0.15) is 12.8 Å². The molecule has 3 rings (SSSR count). The monoisotopic (exact) mass is 174 g/mol. The molecule has 1 aromatic rings. The average molecular weight is 174 g/mol. The highest BCUT2D eigenvalue weighted by Crippen LogP contribution is 2.59. The number of hydrogen-bond acceptors (Lipinski definition) is 1. The molecule has 2 saturated carbocycles. The molecule has 0 heterocycles. The summed E-state index contributed by atoms with van der Waals surface area (Å²) >= 11 is 0. The number of ether oxygens (including phenoxy) is 1. The first-order chi connectivity index (χ1) is 6.43. The first kappa shape index (κ1) is 7.43. The third-order valence-electron chi connectivity index (χ3n) is 3.40. The maximum atomic E-state index is 5.71. The molecule has 1 aromatic carbocycles. The molecule has 3 atom stereocenters. The highest BCUT2D eigenvalue weighted by molar-refractivity contribution is 5.21. The first-order valence-corrected chi connectivity index (χ1v) is 5.11. The molecule has 0 radical (unpaired) electrons. The topological polar surface area (TPSA) is 9.23 Å². The Labute approximate surface area is 78.7 Å². The third-order valence-corrected chi connectivity index (χ3v) is 3.40. The van der Waals surface area contributed by atoms with E-state index < -0.39 is 0 Å². The summed E-state index contributed by atoms with van der Waals surface area (Å²) < 4.78 is 5.71. The molecule has 0 spiro atoms. The summed E-state index contributed by atoms with van der Waals surface area (Å²) in [4.78, 5) is 0. The highest BCUT2D eigenvalue weighted by atomic mass is 16.5. The summed E-state index contributed by atoms with van der Waals surface area (Å²) in [6.45, 7) is 0.936. The van der Waals surface area contributed by atoms with Gasteiger partial charge in [-0.2, -0.15) is 0 Å². The number of rotatable bonds is 3. The summed E-state index contributed by atoms with van der Waals surface area (Å²) in [6, 6.07) is 10.1. The van der Waals surface area contributed by atoms with E-state index in [1.54, 1.807) is 0 Å². The number of hydrogen-bond donors (Lipinski definition) is 0. The van der Waals surface area contributed by atoms with Crippen LogP contribution in [0.3, 0.4) is 0 Å². The van der Waals surface area contributed by atoms with Crippen LogP contribution in [0.15, 0.2) is 30.3 Å². The Kier molecular flexibility index (Phi) is 1.58. The molecule has 3 unspecified atom stereocenters. The second-order valence-electron chi connectivity index (χ2n) is 4.28. The van der Waals surface area contributed by atoms with Gasteiger partial charge in [-0.15, -0.1) is 0 Å². The second kappa shape index (κ2) is 2.76. The van der Waals surface area contributed by atoms with E-state index in [0.29, 0.717) is 0 Å². The van der Waals surface area contributed by atoms with Gasteiger partial charge in [0.05, 0.1) is 6.61 Å². The van der Waals surface area contributed by atoms with Crippen molar-refractivity contribution >= 4 is 0 Å². The lowest BCUT2D eigenvalue weighted by Gasteiger charge is -2.24. The molecule has 0 aliphatic heterocycles. The van der Waals surface area contributed by atoms with Crippen molar-refractivity contribution in [2.75, 3.05) is 6.61 Å². The van der Waals surface area contributed by atoms with E-state index in [-0.39, 0.29) is 0 Å². The Morgan fingerprint density at radius 3 is 2.62 bits per heavy atom. The molecule has 0 saturated heterocycles. The minimum absolute atomic E-state index is 0.866. The van der Waals surface area contributed by atoms with Crippen LogP contribution < -0.4 is 4.74 Å². The molecule has 1 heteroatoms. The summed E-state index contributed by atoms with van der Waals surface area (Å²) in [6.07, 6.45) is 2.89. The average Bonchev–Trinajstić information content (AvgIpc) is 2.79. The van der Waals surface area contributed by atoms with Crippen molar-refractivity contribution < 1.29 is 4.74 Å². The summed E-state index contributed by atoms with van der Waals surface area (Å²) in [5.41, 5.74) is 0. The van der Waals surface area contributed by atoms with Crippen LogP contribution in [-0.4, -0.2) is 6.61 Å². The second-order valence-corrected chi connectivity index (χ2v) is 4.28. The van der Waals surface area contributed by atoms with Crippen molar-refractivity contribution in [3.63, 3.8) is 0 Å². The SMILES string of the molecule is c1ccc(OCC2CC3CC23)cc1. The molecule has 2 fully saturated rings. The molecule has 1 nitrogen and oxygen atoms in total. The largest absolute Gasteiger partial charge is 0.493 e. The fourth-order valence-corrected chi connectivity index (χ4v) is 2.40. The first-order valence-electron chi connectivity index (χ1n) is 5.11. The van der Waals surface area contributed by atoms with Gasteiger partial charge in [-0.25, -0.2) is 0 Å². The summed E-state index contributed by atoms with van der Waals surface area (Å²) in [5.74, 6) is 4.00. The standard InChI is InChI=1S/C12H14O/c1-2-4-11(5-3-1)13-8-10-6-9-7-12(9)10/h1-5,9-10,12H,6-8H2. The van der Waals surface area contributed by atoms with Crippen LogP contribution in [0.5, 0.6) is 5.75 Å². The van der Waals surface area contributed by atoms with E-state index in [9.17, 15) is 0 Å². The highest BCUT2D eigenvalue weighted by Gasteiger charge is 2.53. The molecule has 0 amide bonds. The van der Waals surface area contributed by atoms with Gasteiger partial charge >= 0.3 is 0 Å². The van der Waals surface area contributed by atoms with Gasteiger partial charge in [0.15, 0.2) is 0 Å². The predicted molar refractivity (Wildman–Crippen MR) is 51.6 cm³/mol. The quantitative estimate of drug-likeness (QED) is 0.684. The Morgan fingerprint density at radius 1 is 1.15 bits per heavy atom. The van der Waals surface area contributed by atoms with Gasteiger partial charge in [-0.3, -0.25) is 0 Å². The Hall–Kier alpha value is -0.980. The fraction of sp³-hybridized carbons (Fsp3) is 0.500. The minimum atomic E-state index is 0.866. The Morgan fingerprint density at radius 2 is 2.00 bits per heavy atom. The van der Waals surface area contributed by atoms with Crippen molar-refractivity contribution in [1.82, 2.24) is 0 Å². The van der Waals surface area contributed by atoms with E-state index >= 15 is 0 Å². The smallest absolute Gasteiger partial charge is 0.119 e. The van der Waals surface area contributed by atoms with Crippen LogP contribution in [-0.2, 0) is 0 Å². The van der Waals surface area contributed by atoms with Crippen molar-refractivity contribution in [2.45, 2.75) is 12.8 Å². The predicted octanol–water partition coefficient (Wildman–Crippen LogP) is 2.72. The van der Waals surface area contributed by atoms with E-state index in [0.717, 1.165) is 30.1 Å². The van der Waals surface area contributed by atoms with E-state index in [1.165, 1.54) is 12.8 Å². The molecular weight excluding hydrogens is 160 g/mol. The van der Waals surface area contributed by atoms with Gasteiger partial charge in [0.2, 0.25) is 0 Å². The minimum Gasteiger partial charge on any atom is -0.493 e. The van der Waals surface area contributed by atoms with E-state index in [4.69, 9.17) is 4.74 Å². The van der Waals surface area contributed by atoms with E-state index in [1.807, 2.05) is 30.3 Å². The molecule has 2 aliphatic rings. The van der Waals surface area contributed by atoms with Crippen molar-refractivity contribution in [2.24, 2.45) is 17.8 Å². The lowest BCUT2D eigenvalue weighted by molar-refractivity contribution is 0.167. The summed E-state index contributed by atoms with van der Waals surface area (Å²) in [7, 11) is 0. The van der Waals surface area contributed by atoms with Crippen LogP contribution in [0, 0.1) is 17.8 Å². The molecule has 13 heavy (non-hydrogen) atoms. The zero-order valence-electron chi connectivity index (χ0n) is 7.65. The van der Waals surface area contributed by atoms with Crippen LogP contribution in [0.25, 0.3) is 0 Å². The maximum absolute atomic E-state index is 5.71. The van der Waals surface area contributed by atoms with Crippen molar-refractivity contribution in [1.29, 1.82) is 0 Å². The zero-order chi connectivity index (χ0) is 8.67. The lowest BCUT2D eigenvalue weighted by Crippen LogP contribution is -2.22. The van der Waals surface area contributed by atoms with Gasteiger partial charge < -0.3 is 4.74 Å². The molecule has 0 N–H and O–H groups in total. The van der Waals surface area contributed by atoms with Gasteiger partial charge in [0, 0.05) is 0 Å². The lowest BCUT2D eigenvalue weighted by atomic mass is 9.86. The van der Waals surface area contributed by atoms with Gasteiger partial charge in [0.25, 0.3) is 0 Å². The molecular formula is C12H14O. The Bertz CT molecular complexity index is 293.